The molecule has 1 aliphatic heterocycles. The van der Waals surface area contributed by atoms with Gasteiger partial charge >= 0.3 is 0 Å². The molecular weight excluding hydrogens is 198 g/mol. The van der Waals surface area contributed by atoms with Crippen LogP contribution in [0, 0.1) is 16.7 Å². The lowest BCUT2D eigenvalue weighted by molar-refractivity contribution is 0.298. The Morgan fingerprint density at radius 1 is 1.50 bits per heavy atom. The minimum Gasteiger partial charge on any atom is -0.387 e. The number of nitrogens with one attached hydrogen (secondary N) is 1. The van der Waals surface area contributed by atoms with E-state index in [9.17, 15) is 0 Å². The molecule has 3 nitrogen and oxygen atoms in total. The van der Waals surface area contributed by atoms with Crippen LogP contribution in [0.5, 0.6) is 0 Å². The summed E-state index contributed by atoms with van der Waals surface area (Å²) in [7, 11) is 0. The van der Waals surface area contributed by atoms with E-state index in [1.807, 2.05) is 0 Å². The second-order valence-electron chi connectivity index (χ2n) is 5.76. The highest BCUT2D eigenvalue weighted by Gasteiger charge is 2.23. The summed E-state index contributed by atoms with van der Waals surface area (Å²) in [6.07, 6.45) is 4.86. The molecule has 0 aromatic rings. The SMILES string of the molecule is CCC1CCN(CCCC(C)(C)C(=N)N)C1. The molecule has 1 saturated heterocycles. The van der Waals surface area contributed by atoms with Gasteiger partial charge in [-0.15, -0.1) is 0 Å². The number of hydrogen-bond acceptors (Lipinski definition) is 2. The van der Waals surface area contributed by atoms with Crippen LogP contribution in [0.2, 0.25) is 0 Å². The number of hydrogen-bond donors (Lipinski definition) is 2. The minimum atomic E-state index is -0.121. The van der Waals surface area contributed by atoms with Crippen LogP contribution < -0.4 is 5.73 Å². The fourth-order valence-corrected chi connectivity index (χ4v) is 2.33. The standard InChI is InChI=1S/C13H27N3/c1-4-11-6-9-16(10-11)8-5-7-13(2,3)12(14)15/h11H,4-10H2,1-3H3,(H3,14,15). The molecule has 3 N–H and O–H groups in total. The molecule has 0 spiro atoms. The van der Waals surface area contributed by atoms with Crippen molar-refractivity contribution >= 4 is 5.84 Å². The van der Waals surface area contributed by atoms with Gasteiger partial charge in [-0.05, 0) is 38.3 Å². The zero-order valence-electron chi connectivity index (χ0n) is 11.1. The molecule has 1 unspecified atom stereocenters. The van der Waals surface area contributed by atoms with Crippen LogP contribution in [0.15, 0.2) is 0 Å². The van der Waals surface area contributed by atoms with Gasteiger partial charge in [-0.3, -0.25) is 5.41 Å². The van der Waals surface area contributed by atoms with Gasteiger partial charge < -0.3 is 10.6 Å². The molecule has 0 radical (unpaired) electrons. The average molecular weight is 225 g/mol. The van der Waals surface area contributed by atoms with E-state index >= 15 is 0 Å². The third-order valence-corrected chi connectivity index (χ3v) is 3.95. The highest BCUT2D eigenvalue weighted by Crippen LogP contribution is 2.24. The van der Waals surface area contributed by atoms with Crippen LogP contribution >= 0.6 is 0 Å². The molecule has 0 aromatic carbocycles. The number of amidine groups is 1. The summed E-state index contributed by atoms with van der Waals surface area (Å²) in [5, 5.41) is 7.51. The minimum absolute atomic E-state index is 0.121. The van der Waals surface area contributed by atoms with Crippen LogP contribution in [-0.4, -0.2) is 30.4 Å². The Morgan fingerprint density at radius 2 is 2.19 bits per heavy atom. The van der Waals surface area contributed by atoms with Crippen molar-refractivity contribution < 1.29 is 0 Å². The third kappa shape index (κ3) is 3.78. The van der Waals surface area contributed by atoms with Crippen LogP contribution in [0.4, 0.5) is 0 Å². The van der Waals surface area contributed by atoms with E-state index < -0.39 is 0 Å². The number of rotatable bonds is 6. The van der Waals surface area contributed by atoms with E-state index in [2.05, 4.69) is 25.7 Å². The zero-order valence-corrected chi connectivity index (χ0v) is 11.1. The second-order valence-corrected chi connectivity index (χ2v) is 5.76. The molecule has 16 heavy (non-hydrogen) atoms. The maximum Gasteiger partial charge on any atom is 0.0963 e. The molecule has 0 saturated carbocycles. The Labute approximate surface area is 99.9 Å². The molecule has 0 bridgehead atoms. The van der Waals surface area contributed by atoms with Crippen molar-refractivity contribution in [2.75, 3.05) is 19.6 Å². The first-order chi connectivity index (χ1) is 7.45. The summed E-state index contributed by atoms with van der Waals surface area (Å²) in [6, 6.07) is 0. The lowest BCUT2D eigenvalue weighted by Crippen LogP contribution is -2.32. The normalized spacial score (nSPS) is 22.6. The van der Waals surface area contributed by atoms with Crippen LogP contribution in [0.3, 0.4) is 0 Å². The van der Waals surface area contributed by atoms with Crippen molar-refractivity contribution in [3.63, 3.8) is 0 Å². The molecule has 0 amide bonds. The lowest BCUT2D eigenvalue weighted by Gasteiger charge is -2.24. The molecule has 0 aliphatic carbocycles. The zero-order chi connectivity index (χ0) is 12.2. The van der Waals surface area contributed by atoms with E-state index in [1.165, 1.54) is 32.5 Å². The van der Waals surface area contributed by atoms with E-state index in [1.54, 1.807) is 0 Å². The van der Waals surface area contributed by atoms with E-state index in [-0.39, 0.29) is 5.41 Å². The molecule has 0 aromatic heterocycles. The van der Waals surface area contributed by atoms with E-state index in [0.717, 1.165) is 18.8 Å². The van der Waals surface area contributed by atoms with Crippen molar-refractivity contribution in [3.8, 4) is 0 Å². The monoisotopic (exact) mass is 225 g/mol. The lowest BCUT2D eigenvalue weighted by atomic mass is 9.86. The number of nitrogens with two attached hydrogens (primary N) is 1. The first-order valence-corrected chi connectivity index (χ1v) is 6.52. The Bertz CT molecular complexity index is 235. The summed E-state index contributed by atoms with van der Waals surface area (Å²) in [5.41, 5.74) is 5.46. The quantitative estimate of drug-likeness (QED) is 0.539. The van der Waals surface area contributed by atoms with Gasteiger partial charge in [0.25, 0.3) is 0 Å². The Hall–Kier alpha value is -0.570. The maximum absolute atomic E-state index is 7.51. The van der Waals surface area contributed by atoms with Gasteiger partial charge in [0.15, 0.2) is 0 Å². The Morgan fingerprint density at radius 3 is 2.69 bits per heavy atom. The fraction of sp³-hybridized carbons (Fsp3) is 0.923. The maximum atomic E-state index is 7.51. The van der Waals surface area contributed by atoms with Gasteiger partial charge in [-0.2, -0.15) is 0 Å². The van der Waals surface area contributed by atoms with Gasteiger partial charge in [0.05, 0.1) is 5.84 Å². The van der Waals surface area contributed by atoms with Gasteiger partial charge in [0.2, 0.25) is 0 Å². The highest BCUT2D eigenvalue weighted by atomic mass is 15.1. The highest BCUT2D eigenvalue weighted by molar-refractivity contribution is 5.82. The molecule has 1 heterocycles. The molecular formula is C13H27N3. The van der Waals surface area contributed by atoms with Crippen molar-refractivity contribution in [3.05, 3.63) is 0 Å². The van der Waals surface area contributed by atoms with E-state index in [0.29, 0.717) is 5.84 Å². The van der Waals surface area contributed by atoms with Gasteiger partial charge in [-0.25, -0.2) is 0 Å². The third-order valence-electron chi connectivity index (χ3n) is 3.95. The molecule has 94 valence electrons. The first-order valence-electron chi connectivity index (χ1n) is 6.52. The van der Waals surface area contributed by atoms with E-state index in [4.69, 9.17) is 11.1 Å². The Balaban J connectivity index is 2.19. The van der Waals surface area contributed by atoms with Crippen molar-refractivity contribution in [1.29, 1.82) is 5.41 Å². The molecule has 1 aliphatic rings. The number of nitrogens with zero attached hydrogens (tertiary/aromatic N) is 1. The largest absolute Gasteiger partial charge is 0.387 e. The van der Waals surface area contributed by atoms with Gasteiger partial charge in [0, 0.05) is 12.0 Å². The van der Waals surface area contributed by atoms with Crippen molar-refractivity contribution in [2.24, 2.45) is 17.1 Å². The molecule has 1 fully saturated rings. The average Bonchev–Trinajstić information content (AvgIpc) is 2.65. The summed E-state index contributed by atoms with van der Waals surface area (Å²) in [5.74, 6) is 1.24. The molecule has 1 rings (SSSR count). The smallest absolute Gasteiger partial charge is 0.0963 e. The molecule has 3 heteroatoms. The topological polar surface area (TPSA) is 53.1 Å². The molecule has 1 atom stereocenters. The second kappa shape index (κ2) is 5.67. The van der Waals surface area contributed by atoms with Crippen LogP contribution in [-0.2, 0) is 0 Å². The fourth-order valence-electron chi connectivity index (χ4n) is 2.33. The Kier molecular flexibility index (Phi) is 4.78. The van der Waals surface area contributed by atoms with Gasteiger partial charge in [0.1, 0.15) is 0 Å². The summed E-state index contributed by atoms with van der Waals surface area (Å²) < 4.78 is 0. The van der Waals surface area contributed by atoms with Gasteiger partial charge in [-0.1, -0.05) is 27.2 Å². The predicted molar refractivity (Wildman–Crippen MR) is 69.8 cm³/mol. The first kappa shape index (κ1) is 13.5. The number of likely N-dealkylation sites (tertiary alicyclic amines) is 1. The summed E-state index contributed by atoms with van der Waals surface area (Å²) in [6.45, 7) is 10.1. The van der Waals surface area contributed by atoms with Crippen LogP contribution in [0.25, 0.3) is 0 Å². The van der Waals surface area contributed by atoms with Crippen molar-refractivity contribution in [2.45, 2.75) is 46.5 Å². The summed E-state index contributed by atoms with van der Waals surface area (Å²) in [4.78, 5) is 2.56. The van der Waals surface area contributed by atoms with Crippen LogP contribution in [0.1, 0.15) is 46.5 Å². The van der Waals surface area contributed by atoms with Crippen molar-refractivity contribution in [1.82, 2.24) is 4.90 Å². The predicted octanol–water partition coefficient (Wildman–Crippen LogP) is 2.46. The summed E-state index contributed by atoms with van der Waals surface area (Å²) >= 11 is 0.